The summed E-state index contributed by atoms with van der Waals surface area (Å²) >= 11 is 3.45. The van der Waals surface area contributed by atoms with Crippen molar-refractivity contribution in [3.63, 3.8) is 0 Å². The fraction of sp³-hybridized carbons (Fsp3) is 0.400. The minimum atomic E-state index is -0.0415. The molecule has 0 atom stereocenters. The summed E-state index contributed by atoms with van der Waals surface area (Å²) in [6, 6.07) is 7.49. The molecular weight excluding hydrogens is 320 g/mol. The van der Waals surface area contributed by atoms with Gasteiger partial charge < -0.3 is 4.74 Å². The van der Waals surface area contributed by atoms with Crippen molar-refractivity contribution in [1.29, 1.82) is 0 Å². The van der Waals surface area contributed by atoms with Crippen LogP contribution in [-0.4, -0.2) is 16.9 Å². The van der Waals surface area contributed by atoms with E-state index in [0.29, 0.717) is 10.4 Å². The quantitative estimate of drug-likeness (QED) is 0.930. The molecule has 0 bridgehead atoms. The number of H-pyrrole nitrogens is 1. The first-order valence-electron chi connectivity index (χ1n) is 6.85. The van der Waals surface area contributed by atoms with E-state index in [9.17, 15) is 4.79 Å². The largest absolute Gasteiger partial charge is 0.497 e. The number of aromatic amines is 1. The first kappa shape index (κ1) is 13.5. The Kier molecular flexibility index (Phi) is 3.70. The maximum atomic E-state index is 12.4. The van der Waals surface area contributed by atoms with Crippen molar-refractivity contribution in [2.24, 2.45) is 0 Å². The second kappa shape index (κ2) is 5.48. The number of hydrogen-bond acceptors (Lipinski definition) is 2. The molecule has 1 heterocycles. The number of benzene rings is 1. The monoisotopic (exact) mass is 336 g/mol. The van der Waals surface area contributed by atoms with E-state index in [4.69, 9.17) is 4.74 Å². The number of hydrogen-bond donors (Lipinski definition) is 1. The molecule has 1 saturated carbocycles. The fourth-order valence-corrected chi connectivity index (χ4v) is 3.44. The summed E-state index contributed by atoms with van der Waals surface area (Å²) in [5.41, 5.74) is 1.77. The van der Waals surface area contributed by atoms with Gasteiger partial charge in [-0.3, -0.25) is 9.89 Å². The maximum absolute atomic E-state index is 12.4. The average molecular weight is 337 g/mol. The van der Waals surface area contributed by atoms with Crippen LogP contribution in [0.5, 0.6) is 5.75 Å². The predicted octanol–water partition coefficient (Wildman–Crippen LogP) is 3.59. The molecule has 3 rings (SSSR count). The van der Waals surface area contributed by atoms with E-state index in [1.165, 1.54) is 12.8 Å². The first-order chi connectivity index (χ1) is 9.70. The highest BCUT2D eigenvalue weighted by Gasteiger charge is 2.24. The molecule has 0 aliphatic heterocycles. The van der Waals surface area contributed by atoms with Crippen molar-refractivity contribution >= 4 is 15.9 Å². The van der Waals surface area contributed by atoms with E-state index in [2.05, 4.69) is 21.0 Å². The third-order valence-electron chi connectivity index (χ3n) is 3.93. The molecule has 0 saturated heterocycles. The van der Waals surface area contributed by atoms with E-state index in [1.807, 2.05) is 24.3 Å². The third kappa shape index (κ3) is 2.30. The van der Waals surface area contributed by atoms with Gasteiger partial charge in [0.05, 0.1) is 18.5 Å². The van der Waals surface area contributed by atoms with Crippen LogP contribution in [0.4, 0.5) is 0 Å². The Morgan fingerprint density at radius 3 is 2.80 bits per heavy atom. The smallest absolute Gasteiger partial charge is 0.285 e. The lowest BCUT2D eigenvalue weighted by atomic mass is 10.1. The van der Waals surface area contributed by atoms with Gasteiger partial charge in [-0.05, 0) is 40.9 Å². The molecule has 0 radical (unpaired) electrons. The lowest BCUT2D eigenvalue weighted by molar-refractivity contribution is 0.414. The van der Waals surface area contributed by atoms with Gasteiger partial charge in [0.15, 0.2) is 0 Å². The Morgan fingerprint density at radius 2 is 2.10 bits per heavy atom. The van der Waals surface area contributed by atoms with Gasteiger partial charge in [0.1, 0.15) is 10.2 Å². The third-order valence-corrected chi connectivity index (χ3v) is 4.70. The summed E-state index contributed by atoms with van der Waals surface area (Å²) in [6.45, 7) is 0. The molecule has 1 aromatic heterocycles. The van der Waals surface area contributed by atoms with E-state index in [1.54, 1.807) is 11.8 Å². The number of nitrogens with one attached hydrogen (secondary N) is 1. The second-order valence-electron chi connectivity index (χ2n) is 5.16. The molecule has 2 aromatic rings. The topological polar surface area (TPSA) is 47.0 Å². The standard InChI is InChI=1S/C15H17BrN2O2/c1-20-12-8-4-7-11(9-12)18-15(19)13(16)14(17-18)10-5-2-3-6-10/h4,7-10,17H,2-3,5-6H2,1H3. The Hall–Kier alpha value is -1.49. The number of aromatic nitrogens is 2. The highest BCUT2D eigenvalue weighted by molar-refractivity contribution is 9.10. The lowest BCUT2D eigenvalue weighted by Gasteiger charge is -2.07. The van der Waals surface area contributed by atoms with Crippen LogP contribution in [0.15, 0.2) is 33.5 Å². The number of methoxy groups -OCH3 is 1. The molecule has 4 nitrogen and oxygen atoms in total. The Bertz CT molecular complexity index is 669. The summed E-state index contributed by atoms with van der Waals surface area (Å²) < 4.78 is 7.46. The van der Waals surface area contributed by atoms with Crippen LogP contribution in [0.3, 0.4) is 0 Å². The minimum absolute atomic E-state index is 0.0415. The molecule has 1 aromatic carbocycles. The van der Waals surface area contributed by atoms with E-state index < -0.39 is 0 Å². The first-order valence-corrected chi connectivity index (χ1v) is 7.65. The zero-order chi connectivity index (χ0) is 14.1. The normalized spacial score (nSPS) is 15.7. The zero-order valence-corrected chi connectivity index (χ0v) is 12.9. The van der Waals surface area contributed by atoms with Crippen LogP contribution in [0.1, 0.15) is 37.3 Å². The minimum Gasteiger partial charge on any atom is -0.497 e. The summed E-state index contributed by atoms with van der Waals surface area (Å²) in [5.74, 6) is 1.20. The highest BCUT2D eigenvalue weighted by atomic mass is 79.9. The molecule has 106 valence electrons. The van der Waals surface area contributed by atoms with Crippen LogP contribution in [0.2, 0.25) is 0 Å². The van der Waals surface area contributed by atoms with Gasteiger partial charge in [-0.25, -0.2) is 4.68 Å². The van der Waals surface area contributed by atoms with Gasteiger partial charge in [0, 0.05) is 12.0 Å². The van der Waals surface area contributed by atoms with Crippen LogP contribution in [-0.2, 0) is 0 Å². The van der Waals surface area contributed by atoms with Crippen LogP contribution in [0, 0.1) is 0 Å². The molecule has 5 heteroatoms. The number of ether oxygens (including phenoxy) is 1. The van der Waals surface area contributed by atoms with Crippen molar-refractivity contribution in [3.05, 3.63) is 44.8 Å². The van der Waals surface area contributed by atoms with E-state index in [-0.39, 0.29) is 5.56 Å². The molecule has 1 aliphatic carbocycles. The second-order valence-corrected chi connectivity index (χ2v) is 5.96. The highest BCUT2D eigenvalue weighted by Crippen LogP contribution is 2.35. The predicted molar refractivity (Wildman–Crippen MR) is 81.9 cm³/mol. The Morgan fingerprint density at radius 1 is 1.35 bits per heavy atom. The fourth-order valence-electron chi connectivity index (χ4n) is 2.85. The number of nitrogens with zero attached hydrogens (tertiary/aromatic N) is 1. The molecule has 0 unspecified atom stereocenters. The van der Waals surface area contributed by atoms with Crippen molar-refractivity contribution in [3.8, 4) is 11.4 Å². The average Bonchev–Trinajstić information content (AvgIpc) is 3.09. The van der Waals surface area contributed by atoms with Crippen molar-refractivity contribution in [2.75, 3.05) is 7.11 Å². The Labute approximate surface area is 125 Å². The molecule has 1 N–H and O–H groups in total. The van der Waals surface area contributed by atoms with Crippen LogP contribution >= 0.6 is 15.9 Å². The van der Waals surface area contributed by atoms with Crippen molar-refractivity contribution in [1.82, 2.24) is 9.78 Å². The molecule has 1 fully saturated rings. The summed E-state index contributed by atoms with van der Waals surface area (Å²) in [4.78, 5) is 12.4. The number of halogens is 1. The van der Waals surface area contributed by atoms with Crippen LogP contribution < -0.4 is 10.3 Å². The summed E-state index contributed by atoms with van der Waals surface area (Å²) in [5, 5.41) is 3.26. The maximum Gasteiger partial charge on any atom is 0.285 e. The van der Waals surface area contributed by atoms with Gasteiger partial charge >= 0.3 is 0 Å². The van der Waals surface area contributed by atoms with Crippen molar-refractivity contribution in [2.45, 2.75) is 31.6 Å². The summed E-state index contributed by atoms with van der Waals surface area (Å²) in [6.07, 6.45) is 4.78. The van der Waals surface area contributed by atoms with E-state index in [0.717, 1.165) is 30.0 Å². The van der Waals surface area contributed by atoms with Crippen LogP contribution in [0.25, 0.3) is 5.69 Å². The molecule has 20 heavy (non-hydrogen) atoms. The molecule has 0 spiro atoms. The SMILES string of the molecule is COc1cccc(-n2[nH]c(C3CCCC3)c(Br)c2=O)c1. The zero-order valence-electron chi connectivity index (χ0n) is 11.4. The van der Waals surface area contributed by atoms with Gasteiger partial charge in [-0.1, -0.05) is 18.9 Å². The van der Waals surface area contributed by atoms with Gasteiger partial charge in [-0.2, -0.15) is 0 Å². The Balaban J connectivity index is 2.05. The van der Waals surface area contributed by atoms with E-state index >= 15 is 0 Å². The molecule has 0 amide bonds. The molecular formula is C15H17BrN2O2. The van der Waals surface area contributed by atoms with Gasteiger partial charge in [0.2, 0.25) is 0 Å². The van der Waals surface area contributed by atoms with Crippen molar-refractivity contribution < 1.29 is 4.74 Å². The lowest BCUT2D eigenvalue weighted by Crippen LogP contribution is -2.14. The van der Waals surface area contributed by atoms with Gasteiger partial charge in [0.25, 0.3) is 5.56 Å². The molecule has 1 aliphatic rings. The summed E-state index contributed by atoms with van der Waals surface area (Å²) in [7, 11) is 1.62. The van der Waals surface area contributed by atoms with Gasteiger partial charge in [-0.15, -0.1) is 0 Å². The number of rotatable bonds is 3.